The Morgan fingerprint density at radius 2 is 1.68 bits per heavy atom. The van der Waals surface area contributed by atoms with Gasteiger partial charge in [0.1, 0.15) is 12.4 Å². The van der Waals surface area contributed by atoms with Gasteiger partial charge in [-0.15, -0.1) is 12.4 Å². The number of piperazine rings is 1. The first-order valence-corrected chi connectivity index (χ1v) is 13.2. The average Bonchev–Trinajstić information content (AvgIpc) is 3.28. The summed E-state index contributed by atoms with van der Waals surface area (Å²) in [5, 5.41) is 5.28. The summed E-state index contributed by atoms with van der Waals surface area (Å²) in [6, 6.07) is 22.4. The van der Waals surface area contributed by atoms with Crippen molar-refractivity contribution in [3.05, 3.63) is 112 Å². The number of hydrogen-bond acceptors (Lipinski definition) is 4. The average molecular weight is 605 g/mol. The molecular formula is C30H29Cl2F3N4O2. The van der Waals surface area contributed by atoms with Crippen LogP contribution in [0.1, 0.15) is 27.9 Å². The molecule has 1 fully saturated rings. The van der Waals surface area contributed by atoms with Crippen LogP contribution in [-0.2, 0) is 30.7 Å². The number of aromatic nitrogens is 2. The van der Waals surface area contributed by atoms with Gasteiger partial charge in [0.2, 0.25) is 5.91 Å². The van der Waals surface area contributed by atoms with Gasteiger partial charge in [-0.25, -0.2) is 0 Å². The third kappa shape index (κ3) is 7.61. The number of nitrogens with zero attached hydrogens (tertiary/aromatic N) is 4. The molecule has 2 heterocycles. The summed E-state index contributed by atoms with van der Waals surface area (Å²) in [4.78, 5) is 16.5. The molecule has 1 aromatic heterocycles. The van der Waals surface area contributed by atoms with Gasteiger partial charge in [0.15, 0.2) is 5.82 Å². The zero-order valence-electron chi connectivity index (χ0n) is 22.3. The highest BCUT2D eigenvalue weighted by molar-refractivity contribution is 6.30. The number of alkyl halides is 3. The van der Waals surface area contributed by atoms with Crippen molar-refractivity contribution in [2.75, 3.05) is 24.5 Å². The van der Waals surface area contributed by atoms with Crippen molar-refractivity contribution >= 4 is 35.7 Å². The normalized spacial score (nSPS) is 14.2. The topological polar surface area (TPSA) is 50.6 Å². The van der Waals surface area contributed by atoms with Crippen LogP contribution in [0.2, 0.25) is 5.02 Å². The zero-order chi connectivity index (χ0) is 28.3. The minimum absolute atomic E-state index is 0. The van der Waals surface area contributed by atoms with Crippen LogP contribution in [0.4, 0.5) is 19.0 Å². The molecule has 11 heteroatoms. The lowest BCUT2D eigenvalue weighted by Gasteiger charge is -2.33. The zero-order valence-corrected chi connectivity index (χ0v) is 23.8. The van der Waals surface area contributed by atoms with E-state index in [0.717, 1.165) is 29.0 Å². The monoisotopic (exact) mass is 604 g/mol. The van der Waals surface area contributed by atoms with E-state index in [1.807, 2.05) is 60.4 Å². The molecule has 0 atom stereocenters. The van der Waals surface area contributed by atoms with E-state index in [2.05, 4.69) is 0 Å². The first-order chi connectivity index (χ1) is 19.2. The van der Waals surface area contributed by atoms with Gasteiger partial charge in [-0.1, -0.05) is 60.1 Å². The molecule has 0 bridgehead atoms. The van der Waals surface area contributed by atoms with Crippen molar-refractivity contribution in [3.63, 3.8) is 0 Å². The van der Waals surface area contributed by atoms with Gasteiger partial charge in [-0.2, -0.15) is 18.3 Å². The highest BCUT2D eigenvalue weighted by Gasteiger charge is 2.31. The van der Waals surface area contributed by atoms with E-state index in [1.54, 1.807) is 21.7 Å². The number of carbonyl (C=O) groups is 1. The molecule has 0 unspecified atom stereocenters. The molecular weight excluding hydrogens is 576 g/mol. The summed E-state index contributed by atoms with van der Waals surface area (Å²) >= 11 is 6.29. The highest BCUT2D eigenvalue weighted by Crippen LogP contribution is 2.30. The van der Waals surface area contributed by atoms with E-state index in [1.165, 1.54) is 6.07 Å². The molecule has 0 saturated carbocycles. The number of ether oxygens (including phenoxy) is 1. The maximum absolute atomic E-state index is 13.1. The summed E-state index contributed by atoms with van der Waals surface area (Å²) in [6.45, 7) is 3.99. The number of carbonyl (C=O) groups excluding carboxylic acids is 1. The smallest absolute Gasteiger partial charge is 0.416 e. The van der Waals surface area contributed by atoms with Gasteiger partial charge in [0, 0.05) is 42.0 Å². The number of hydrogen-bond donors (Lipinski definition) is 0. The lowest BCUT2D eigenvalue weighted by Crippen LogP contribution is -2.50. The minimum atomic E-state index is -4.40. The number of halogens is 5. The largest absolute Gasteiger partial charge is 0.489 e. The summed E-state index contributed by atoms with van der Waals surface area (Å²) < 4.78 is 47.1. The molecule has 41 heavy (non-hydrogen) atoms. The number of rotatable bonds is 8. The van der Waals surface area contributed by atoms with Gasteiger partial charge in [0.05, 0.1) is 18.7 Å². The second kappa shape index (κ2) is 13.0. The molecule has 4 aromatic rings. The number of benzene rings is 3. The third-order valence-electron chi connectivity index (χ3n) is 6.78. The molecule has 6 nitrogen and oxygen atoms in total. The van der Waals surface area contributed by atoms with Crippen LogP contribution < -0.4 is 9.64 Å². The Hall–Kier alpha value is -3.53. The van der Waals surface area contributed by atoms with E-state index in [0.29, 0.717) is 48.4 Å². The molecule has 1 aliphatic rings. The van der Waals surface area contributed by atoms with Gasteiger partial charge in [-0.3, -0.25) is 19.3 Å². The predicted octanol–water partition coefficient (Wildman–Crippen LogP) is 6.76. The predicted molar refractivity (Wildman–Crippen MR) is 155 cm³/mol. The molecule has 0 N–H and O–H groups in total. The first kappa shape index (κ1) is 30.4. The maximum atomic E-state index is 13.1. The van der Waals surface area contributed by atoms with Crippen LogP contribution in [0, 0.1) is 6.92 Å². The molecule has 0 aliphatic carbocycles. The lowest BCUT2D eigenvalue weighted by atomic mass is 10.1. The van der Waals surface area contributed by atoms with Crippen LogP contribution in [0.25, 0.3) is 0 Å². The fraction of sp³-hybridized carbons (Fsp3) is 0.267. The quantitative estimate of drug-likeness (QED) is 0.223. The van der Waals surface area contributed by atoms with E-state index >= 15 is 0 Å². The van der Waals surface area contributed by atoms with E-state index in [9.17, 15) is 18.0 Å². The summed E-state index contributed by atoms with van der Waals surface area (Å²) in [5.41, 5.74) is 2.60. The van der Waals surface area contributed by atoms with E-state index < -0.39 is 11.7 Å². The number of anilines is 1. The molecule has 1 saturated heterocycles. The molecule has 3 aromatic carbocycles. The SMILES string of the molecule is Cc1cc(N2CCN(Cc3cccc(C(F)(F)F)c3)CC2=O)nn1Cc1cc(Cl)ccc1OCc1ccccc1.Cl. The van der Waals surface area contributed by atoms with E-state index in [-0.39, 0.29) is 31.4 Å². The Morgan fingerprint density at radius 1 is 0.927 bits per heavy atom. The van der Waals surface area contributed by atoms with E-state index in [4.69, 9.17) is 21.4 Å². The first-order valence-electron chi connectivity index (χ1n) is 12.8. The van der Waals surface area contributed by atoms with Crippen LogP contribution >= 0.6 is 24.0 Å². The Bertz CT molecular complexity index is 1490. The highest BCUT2D eigenvalue weighted by atomic mass is 35.5. The van der Waals surface area contributed by atoms with Gasteiger partial charge in [0.25, 0.3) is 0 Å². The molecule has 0 radical (unpaired) electrons. The van der Waals surface area contributed by atoms with Crippen LogP contribution in [-0.4, -0.2) is 40.2 Å². The fourth-order valence-corrected chi connectivity index (χ4v) is 4.89. The maximum Gasteiger partial charge on any atom is 0.416 e. The second-order valence-electron chi connectivity index (χ2n) is 9.78. The van der Waals surface area contributed by atoms with Crippen LogP contribution in [0.5, 0.6) is 5.75 Å². The van der Waals surface area contributed by atoms with Crippen molar-refractivity contribution < 1.29 is 22.7 Å². The Morgan fingerprint density at radius 3 is 2.41 bits per heavy atom. The van der Waals surface area contributed by atoms with Crippen LogP contribution in [0.3, 0.4) is 0 Å². The minimum Gasteiger partial charge on any atom is -0.489 e. The molecule has 1 amide bonds. The molecule has 0 spiro atoms. The third-order valence-corrected chi connectivity index (χ3v) is 7.02. The summed E-state index contributed by atoms with van der Waals surface area (Å²) in [7, 11) is 0. The van der Waals surface area contributed by atoms with Gasteiger partial charge in [-0.05, 0) is 42.3 Å². The van der Waals surface area contributed by atoms with Crippen LogP contribution in [0.15, 0.2) is 78.9 Å². The Kier molecular flexibility index (Phi) is 9.63. The van der Waals surface area contributed by atoms with Crippen molar-refractivity contribution in [1.82, 2.24) is 14.7 Å². The summed E-state index contributed by atoms with van der Waals surface area (Å²) in [6.07, 6.45) is -4.40. The van der Waals surface area contributed by atoms with Crippen molar-refractivity contribution in [1.29, 1.82) is 0 Å². The second-order valence-corrected chi connectivity index (χ2v) is 10.2. The molecule has 216 valence electrons. The van der Waals surface area contributed by atoms with Gasteiger partial charge < -0.3 is 4.74 Å². The standard InChI is InChI=1S/C30H28ClF3N4O2.ClH/c1-21-14-28(37-13-12-36(19-29(37)39)17-23-8-5-9-25(15-23)30(32,33)34)35-38(21)18-24-16-26(31)10-11-27(24)40-20-22-6-3-2-4-7-22;/h2-11,14-16H,12-13,17-20H2,1H3;1H. The lowest BCUT2D eigenvalue weighted by molar-refractivity contribution is -0.137. The van der Waals surface area contributed by atoms with Crippen molar-refractivity contribution in [2.45, 2.75) is 32.8 Å². The molecule has 1 aliphatic heterocycles. The fourth-order valence-electron chi connectivity index (χ4n) is 4.70. The Labute approximate surface area is 247 Å². The van der Waals surface area contributed by atoms with Gasteiger partial charge >= 0.3 is 6.18 Å². The van der Waals surface area contributed by atoms with Crippen molar-refractivity contribution in [2.24, 2.45) is 0 Å². The summed E-state index contributed by atoms with van der Waals surface area (Å²) in [5.74, 6) is 1.08. The number of amides is 1. The molecule has 5 rings (SSSR count). The Balaban J connectivity index is 0.00000387. The number of aryl methyl sites for hydroxylation is 1. The van der Waals surface area contributed by atoms with Crippen molar-refractivity contribution in [3.8, 4) is 5.75 Å².